The number of aliphatic hydroxyl groups excluding tert-OH is 4. The molecule has 12 nitrogen and oxygen atoms in total. The molecule has 0 spiro atoms. The summed E-state index contributed by atoms with van der Waals surface area (Å²) in [6.45, 7) is 0.824. The van der Waals surface area contributed by atoms with Crippen LogP contribution >= 0.6 is 0 Å². The normalized spacial score (nSPS) is 12.8. The van der Waals surface area contributed by atoms with Crippen molar-refractivity contribution in [3.8, 4) is 0 Å². The first-order valence-electron chi connectivity index (χ1n) is 16.1. The van der Waals surface area contributed by atoms with Gasteiger partial charge in [0.2, 0.25) is 0 Å². The number of benzene rings is 5. The summed E-state index contributed by atoms with van der Waals surface area (Å²) >= 11 is 0. The highest BCUT2D eigenvalue weighted by molar-refractivity contribution is 5.77. The van der Waals surface area contributed by atoms with Gasteiger partial charge >= 0.3 is 11.9 Å². The Morgan fingerprint density at radius 3 is 1.08 bits per heavy atom. The number of nitrogens with two attached hydrogens (primary N) is 1. The number of aliphatic carboxylic acids is 2. The van der Waals surface area contributed by atoms with Crippen LogP contribution in [0.15, 0.2) is 146 Å². The Balaban J connectivity index is 0.000000282. The summed E-state index contributed by atoms with van der Waals surface area (Å²) in [6, 6.07) is 41.0. The first-order valence-corrected chi connectivity index (χ1v) is 16.1. The quantitative estimate of drug-likeness (QED) is 0.0694. The predicted octanol–water partition coefficient (Wildman–Crippen LogP) is 4.68. The molecular weight excluding hydrogens is 668 g/mol. The van der Waals surface area contributed by atoms with Gasteiger partial charge in [-0.3, -0.25) is 10.1 Å². The largest absolute Gasteiger partial charge is 0.479 e. The Kier molecular flexibility index (Phi) is 14.9. The van der Waals surface area contributed by atoms with Gasteiger partial charge in [0, 0.05) is 19.6 Å². The molecule has 0 radical (unpaired) electrons. The monoisotopic (exact) mass is 712 g/mol. The molecule has 3 atom stereocenters. The van der Waals surface area contributed by atoms with Gasteiger partial charge in [0.25, 0.3) is 5.69 Å². The van der Waals surface area contributed by atoms with Crippen LogP contribution in [0.2, 0.25) is 0 Å². The van der Waals surface area contributed by atoms with Crippen molar-refractivity contribution in [1.82, 2.24) is 0 Å². The van der Waals surface area contributed by atoms with Gasteiger partial charge in [-0.05, 0) is 34.7 Å². The second-order valence-electron chi connectivity index (χ2n) is 11.8. The molecule has 5 aromatic carbocycles. The number of aliphatic hydroxyl groups is 4. The van der Waals surface area contributed by atoms with Gasteiger partial charge in [0.1, 0.15) is 0 Å². The Labute approximate surface area is 302 Å². The predicted molar refractivity (Wildman–Crippen MR) is 197 cm³/mol. The average molecular weight is 713 g/mol. The van der Waals surface area contributed by atoms with E-state index in [9.17, 15) is 50.3 Å². The van der Waals surface area contributed by atoms with Gasteiger partial charge in [0.15, 0.2) is 12.2 Å². The molecular formula is C40H44N2O10. The molecule has 0 saturated carbocycles. The summed E-state index contributed by atoms with van der Waals surface area (Å²) in [4.78, 5) is 32.4. The van der Waals surface area contributed by atoms with Crippen molar-refractivity contribution in [3.05, 3.63) is 184 Å². The molecule has 0 bridgehead atoms. The summed E-state index contributed by atoms with van der Waals surface area (Å²) in [5.74, 6) is -2.74. The molecule has 0 aromatic heterocycles. The molecule has 0 saturated heterocycles. The Bertz CT molecular complexity index is 1660. The highest BCUT2D eigenvalue weighted by Gasteiger charge is 2.46. The fourth-order valence-electron chi connectivity index (χ4n) is 5.77. The third kappa shape index (κ3) is 9.31. The van der Waals surface area contributed by atoms with Crippen LogP contribution in [-0.4, -0.2) is 72.9 Å². The average Bonchev–Trinajstić information content (AvgIpc) is 3.18. The minimum absolute atomic E-state index is 0. The lowest BCUT2D eigenvalue weighted by Gasteiger charge is -2.35. The number of nitro groups is 1. The van der Waals surface area contributed by atoms with Gasteiger partial charge in [-0.25, -0.2) is 9.59 Å². The molecule has 0 amide bonds. The highest BCUT2D eigenvalue weighted by atomic mass is 16.6. The maximum absolute atomic E-state index is 11.3. The van der Waals surface area contributed by atoms with Gasteiger partial charge in [-0.2, -0.15) is 0 Å². The summed E-state index contributed by atoms with van der Waals surface area (Å²) in [5.41, 5.74) is 6.04. The van der Waals surface area contributed by atoms with Crippen molar-refractivity contribution < 1.29 is 46.6 Å². The number of hydrogen-bond acceptors (Lipinski definition) is 9. The second kappa shape index (κ2) is 19.0. The van der Waals surface area contributed by atoms with Crippen molar-refractivity contribution in [2.45, 2.75) is 36.0 Å². The number of rotatable bonds is 12. The molecule has 12 heteroatoms. The Hall–Kier alpha value is -5.76. The van der Waals surface area contributed by atoms with Crippen molar-refractivity contribution >= 4 is 17.6 Å². The Morgan fingerprint density at radius 2 is 0.885 bits per heavy atom. The van der Waals surface area contributed by atoms with E-state index in [4.69, 9.17) is 5.73 Å². The molecule has 0 fully saturated rings. The summed E-state index contributed by atoms with van der Waals surface area (Å²) < 4.78 is 0. The number of non-ortho nitro benzene ring substituents is 1. The smallest absolute Gasteiger partial charge is 0.333 e. The number of hydrogen-bond donors (Lipinski definition) is 7. The fraction of sp³-hybridized carbons (Fsp3) is 0.200. The summed E-state index contributed by atoms with van der Waals surface area (Å²) in [6.07, 6.45) is -3.48. The molecule has 1 unspecified atom stereocenters. The van der Waals surface area contributed by atoms with Gasteiger partial charge in [0.05, 0.1) is 29.0 Å². The second-order valence-corrected chi connectivity index (χ2v) is 11.8. The number of carboxylic acids is 2. The van der Waals surface area contributed by atoms with Gasteiger partial charge < -0.3 is 36.4 Å². The lowest BCUT2D eigenvalue weighted by molar-refractivity contribution is -0.384. The molecule has 5 aromatic rings. The van der Waals surface area contributed by atoms with Gasteiger partial charge in [-0.15, -0.1) is 0 Å². The number of carbonyl (C=O) groups is 2. The zero-order chi connectivity index (χ0) is 38.3. The third-order valence-electron chi connectivity index (χ3n) is 8.69. The highest BCUT2D eigenvalue weighted by Crippen LogP contribution is 2.37. The minimum atomic E-state index is -1.74. The van der Waals surface area contributed by atoms with E-state index >= 15 is 0 Å². The molecule has 0 aliphatic carbocycles. The first-order chi connectivity index (χ1) is 24.9. The van der Waals surface area contributed by atoms with E-state index in [2.05, 4.69) is 0 Å². The zero-order valence-electron chi connectivity index (χ0n) is 28.3. The standard InChI is InChI=1S/2C16H16O4.C8H10N2O2.H2/c2*17-11-16(14(18)15(19)20,12-7-3-1-4-8-12)13-9-5-2-6-10-13;1-6(9)7-2-4-8(5-3-7)10(11)12;/h2*1-10,14,17-18H,11H2,(H,19,20);2-6H,9H2,1H3;1H/t14-;;6-;/m1.1./s1. The molecule has 0 aliphatic rings. The SMILES string of the molecule is C[C@@H](N)c1ccc([N+](=O)[O-])cc1.O=C(O)C(O)C(CO)(c1ccccc1)c1ccccc1.O=C(O)[C@@H](O)C(CO)(c1ccccc1)c1ccccc1.[HH]. The van der Waals surface area contributed by atoms with E-state index in [-0.39, 0.29) is 13.2 Å². The van der Waals surface area contributed by atoms with Crippen LogP contribution in [0.3, 0.4) is 0 Å². The van der Waals surface area contributed by atoms with Crippen LogP contribution in [0.1, 0.15) is 42.2 Å². The van der Waals surface area contributed by atoms with E-state index in [1.165, 1.54) is 12.1 Å². The zero-order valence-corrected chi connectivity index (χ0v) is 28.3. The van der Waals surface area contributed by atoms with Crippen molar-refractivity contribution in [2.75, 3.05) is 13.2 Å². The molecule has 5 rings (SSSR count). The van der Waals surface area contributed by atoms with E-state index in [0.29, 0.717) is 22.3 Å². The van der Waals surface area contributed by atoms with Gasteiger partial charge in [-0.1, -0.05) is 133 Å². The topological polar surface area (TPSA) is 225 Å². The van der Waals surface area contributed by atoms with Crippen molar-refractivity contribution in [3.63, 3.8) is 0 Å². The first kappa shape index (κ1) is 40.7. The maximum Gasteiger partial charge on any atom is 0.333 e. The molecule has 274 valence electrons. The number of nitro benzene ring substituents is 1. The number of carboxylic acid groups (broad SMARTS) is 2. The van der Waals surface area contributed by atoms with E-state index in [0.717, 1.165) is 5.56 Å². The van der Waals surface area contributed by atoms with Crippen molar-refractivity contribution in [2.24, 2.45) is 5.73 Å². The van der Waals surface area contributed by atoms with Crippen LogP contribution in [0, 0.1) is 10.1 Å². The third-order valence-corrected chi connectivity index (χ3v) is 8.69. The number of nitrogens with zero attached hydrogens (tertiary/aromatic N) is 1. The molecule has 52 heavy (non-hydrogen) atoms. The summed E-state index contributed by atoms with van der Waals surface area (Å²) in [7, 11) is 0. The van der Waals surface area contributed by atoms with E-state index < -0.39 is 53.1 Å². The minimum Gasteiger partial charge on any atom is -0.479 e. The van der Waals surface area contributed by atoms with Crippen LogP contribution < -0.4 is 5.73 Å². The molecule has 0 aliphatic heterocycles. The molecule has 8 N–H and O–H groups in total. The fourth-order valence-corrected chi connectivity index (χ4v) is 5.77. The van der Waals surface area contributed by atoms with E-state index in [1.807, 2.05) is 6.92 Å². The maximum atomic E-state index is 11.3. The molecule has 0 heterocycles. The van der Waals surface area contributed by atoms with Crippen molar-refractivity contribution in [1.29, 1.82) is 0 Å². The van der Waals surface area contributed by atoms with Crippen LogP contribution in [0.4, 0.5) is 5.69 Å². The summed E-state index contributed by atoms with van der Waals surface area (Å²) in [5, 5.41) is 68.8. The van der Waals surface area contributed by atoms with E-state index in [1.54, 1.807) is 133 Å². The lowest BCUT2D eigenvalue weighted by Crippen LogP contribution is -2.48. The van der Waals surface area contributed by atoms with Crippen LogP contribution in [0.25, 0.3) is 0 Å². The van der Waals surface area contributed by atoms with Crippen LogP contribution in [0.5, 0.6) is 0 Å². The van der Waals surface area contributed by atoms with Crippen LogP contribution in [-0.2, 0) is 20.4 Å². The Morgan fingerprint density at radius 1 is 0.615 bits per heavy atom. The lowest BCUT2D eigenvalue weighted by atomic mass is 9.71.